The minimum Gasteiger partial charge on any atom is -0.465 e. The maximum atomic E-state index is 11.0. The van der Waals surface area contributed by atoms with Crippen LogP contribution in [-0.4, -0.2) is 13.1 Å². The number of methoxy groups -OCH3 is 1. The molecule has 70 valence electrons. The molecule has 0 aromatic heterocycles. The summed E-state index contributed by atoms with van der Waals surface area (Å²) >= 11 is 0. The van der Waals surface area contributed by atoms with Gasteiger partial charge in [-0.05, 0) is 24.6 Å². The van der Waals surface area contributed by atoms with Crippen molar-refractivity contribution in [2.75, 3.05) is 7.11 Å². The molecule has 0 fully saturated rings. The lowest BCUT2D eigenvalue weighted by molar-refractivity contribution is 0.0600. The normalized spacial score (nSPS) is 12.2. The highest BCUT2D eigenvalue weighted by Crippen LogP contribution is 2.11. The van der Waals surface area contributed by atoms with Gasteiger partial charge in [0.25, 0.3) is 0 Å². The van der Waals surface area contributed by atoms with Gasteiger partial charge in [-0.3, -0.25) is 0 Å². The third kappa shape index (κ3) is 2.29. The summed E-state index contributed by atoms with van der Waals surface area (Å²) in [6.07, 6.45) is 0. The maximum absolute atomic E-state index is 11.0. The number of carbonyl (C=O) groups is 1. The highest BCUT2D eigenvalue weighted by molar-refractivity contribution is 5.89. The summed E-state index contributed by atoms with van der Waals surface area (Å²) in [5.74, 6) is -0.323. The third-order valence-corrected chi connectivity index (χ3v) is 1.86. The van der Waals surface area contributed by atoms with Crippen LogP contribution in [0.1, 0.15) is 28.9 Å². The smallest absolute Gasteiger partial charge is 0.337 e. The van der Waals surface area contributed by atoms with E-state index < -0.39 is 0 Å². The molecule has 0 saturated carbocycles. The van der Waals surface area contributed by atoms with Crippen LogP contribution in [0, 0.1) is 0 Å². The summed E-state index contributed by atoms with van der Waals surface area (Å²) in [5.41, 5.74) is 7.21. The van der Waals surface area contributed by atoms with Crippen molar-refractivity contribution in [1.82, 2.24) is 0 Å². The fourth-order valence-electron chi connectivity index (χ4n) is 1.04. The average Bonchev–Trinajstić information content (AvgIpc) is 2.17. The van der Waals surface area contributed by atoms with Gasteiger partial charge in [0, 0.05) is 6.04 Å². The molecule has 0 radical (unpaired) electrons. The first-order chi connectivity index (χ1) is 6.15. The second kappa shape index (κ2) is 4.05. The lowest BCUT2D eigenvalue weighted by Gasteiger charge is -2.05. The summed E-state index contributed by atoms with van der Waals surface area (Å²) in [6.45, 7) is 1.90. The Bertz CT molecular complexity index is 290. The van der Waals surface area contributed by atoms with E-state index in [1.54, 1.807) is 12.1 Å². The molecule has 0 aliphatic rings. The second-order valence-electron chi connectivity index (χ2n) is 2.90. The SMILES string of the molecule is COC(=O)c1ccc([C@@H](C)N)cc1. The lowest BCUT2D eigenvalue weighted by Crippen LogP contribution is -2.06. The zero-order valence-electron chi connectivity index (χ0n) is 7.78. The van der Waals surface area contributed by atoms with E-state index in [9.17, 15) is 4.79 Å². The number of esters is 1. The summed E-state index contributed by atoms with van der Waals surface area (Å²) in [6, 6.07) is 7.08. The zero-order chi connectivity index (χ0) is 9.84. The molecule has 1 atom stereocenters. The van der Waals surface area contributed by atoms with Crippen LogP contribution in [0.4, 0.5) is 0 Å². The number of ether oxygens (including phenoxy) is 1. The fourth-order valence-corrected chi connectivity index (χ4v) is 1.04. The Hall–Kier alpha value is -1.35. The summed E-state index contributed by atoms with van der Waals surface area (Å²) in [5, 5.41) is 0. The lowest BCUT2D eigenvalue weighted by atomic mass is 10.1. The Balaban J connectivity index is 2.87. The van der Waals surface area contributed by atoms with E-state index >= 15 is 0 Å². The van der Waals surface area contributed by atoms with Crippen LogP contribution in [0.3, 0.4) is 0 Å². The van der Waals surface area contributed by atoms with Crippen molar-refractivity contribution in [3.05, 3.63) is 35.4 Å². The van der Waals surface area contributed by atoms with Gasteiger partial charge < -0.3 is 10.5 Å². The van der Waals surface area contributed by atoms with Gasteiger partial charge in [-0.2, -0.15) is 0 Å². The number of rotatable bonds is 2. The standard InChI is InChI=1S/C10H13NO2/c1-7(11)8-3-5-9(6-4-8)10(12)13-2/h3-7H,11H2,1-2H3/t7-/m1/s1. The van der Waals surface area contributed by atoms with E-state index in [-0.39, 0.29) is 12.0 Å². The first kappa shape index (κ1) is 9.74. The Morgan fingerprint density at radius 1 is 1.38 bits per heavy atom. The molecule has 0 bridgehead atoms. The molecular weight excluding hydrogens is 166 g/mol. The van der Waals surface area contributed by atoms with E-state index in [0.29, 0.717) is 5.56 Å². The molecule has 3 nitrogen and oxygen atoms in total. The van der Waals surface area contributed by atoms with Gasteiger partial charge in [0.2, 0.25) is 0 Å². The first-order valence-electron chi connectivity index (χ1n) is 4.09. The first-order valence-corrected chi connectivity index (χ1v) is 4.09. The molecule has 0 spiro atoms. The number of carbonyl (C=O) groups excluding carboxylic acids is 1. The Morgan fingerprint density at radius 3 is 2.31 bits per heavy atom. The van der Waals surface area contributed by atoms with Gasteiger partial charge in [0.15, 0.2) is 0 Å². The van der Waals surface area contributed by atoms with Crippen LogP contribution in [0.25, 0.3) is 0 Å². The van der Waals surface area contributed by atoms with Crippen molar-refractivity contribution in [3.8, 4) is 0 Å². The topological polar surface area (TPSA) is 52.3 Å². The Kier molecular flexibility index (Phi) is 3.03. The zero-order valence-corrected chi connectivity index (χ0v) is 7.78. The summed E-state index contributed by atoms with van der Waals surface area (Å²) in [4.78, 5) is 11.0. The average molecular weight is 179 g/mol. The molecule has 3 heteroatoms. The molecule has 0 unspecified atom stereocenters. The van der Waals surface area contributed by atoms with Gasteiger partial charge in [-0.15, -0.1) is 0 Å². The minimum atomic E-state index is -0.323. The van der Waals surface area contributed by atoms with E-state index in [2.05, 4.69) is 4.74 Å². The fraction of sp³-hybridized carbons (Fsp3) is 0.300. The van der Waals surface area contributed by atoms with Crippen LogP contribution in [0.2, 0.25) is 0 Å². The number of hydrogen-bond donors (Lipinski definition) is 1. The summed E-state index contributed by atoms with van der Waals surface area (Å²) in [7, 11) is 1.36. The number of benzene rings is 1. The van der Waals surface area contributed by atoms with Crippen molar-refractivity contribution in [2.24, 2.45) is 5.73 Å². The molecule has 2 N–H and O–H groups in total. The van der Waals surface area contributed by atoms with Crippen molar-refractivity contribution in [3.63, 3.8) is 0 Å². The molecule has 1 aromatic carbocycles. The molecule has 0 saturated heterocycles. The number of nitrogens with two attached hydrogens (primary N) is 1. The van der Waals surface area contributed by atoms with E-state index in [4.69, 9.17) is 5.73 Å². The predicted molar refractivity (Wildman–Crippen MR) is 50.4 cm³/mol. The van der Waals surface area contributed by atoms with Gasteiger partial charge in [-0.25, -0.2) is 4.79 Å². The van der Waals surface area contributed by atoms with Gasteiger partial charge in [0.05, 0.1) is 12.7 Å². The molecule has 0 amide bonds. The monoisotopic (exact) mass is 179 g/mol. The summed E-state index contributed by atoms with van der Waals surface area (Å²) < 4.78 is 4.57. The van der Waals surface area contributed by atoms with Crippen molar-refractivity contribution in [1.29, 1.82) is 0 Å². The third-order valence-electron chi connectivity index (χ3n) is 1.86. The predicted octanol–water partition coefficient (Wildman–Crippen LogP) is 1.49. The second-order valence-corrected chi connectivity index (χ2v) is 2.90. The highest BCUT2D eigenvalue weighted by Gasteiger charge is 2.05. The van der Waals surface area contributed by atoms with Crippen LogP contribution >= 0.6 is 0 Å². The van der Waals surface area contributed by atoms with E-state index in [1.807, 2.05) is 19.1 Å². The van der Waals surface area contributed by atoms with Gasteiger partial charge in [-0.1, -0.05) is 12.1 Å². The molecule has 0 aliphatic heterocycles. The Morgan fingerprint density at radius 2 is 1.92 bits per heavy atom. The number of hydrogen-bond acceptors (Lipinski definition) is 3. The highest BCUT2D eigenvalue weighted by atomic mass is 16.5. The van der Waals surface area contributed by atoms with Crippen molar-refractivity contribution in [2.45, 2.75) is 13.0 Å². The molecule has 13 heavy (non-hydrogen) atoms. The quantitative estimate of drug-likeness (QED) is 0.700. The Labute approximate surface area is 77.5 Å². The van der Waals surface area contributed by atoms with Gasteiger partial charge >= 0.3 is 5.97 Å². The molecule has 0 aliphatic carbocycles. The minimum absolute atomic E-state index is 0.00769. The van der Waals surface area contributed by atoms with Crippen LogP contribution in [0.5, 0.6) is 0 Å². The molecule has 1 aromatic rings. The van der Waals surface area contributed by atoms with E-state index in [1.165, 1.54) is 7.11 Å². The van der Waals surface area contributed by atoms with Crippen LogP contribution in [-0.2, 0) is 4.74 Å². The maximum Gasteiger partial charge on any atom is 0.337 e. The van der Waals surface area contributed by atoms with E-state index in [0.717, 1.165) is 5.56 Å². The van der Waals surface area contributed by atoms with Crippen molar-refractivity contribution >= 4 is 5.97 Å². The molecule has 0 heterocycles. The van der Waals surface area contributed by atoms with Crippen LogP contribution < -0.4 is 5.73 Å². The van der Waals surface area contributed by atoms with Crippen LogP contribution in [0.15, 0.2) is 24.3 Å². The van der Waals surface area contributed by atoms with Crippen molar-refractivity contribution < 1.29 is 9.53 Å². The molecular formula is C10H13NO2. The molecule has 1 rings (SSSR count). The largest absolute Gasteiger partial charge is 0.465 e. The van der Waals surface area contributed by atoms with Gasteiger partial charge in [0.1, 0.15) is 0 Å².